The molecule has 0 aromatic rings. The molecule has 36 atom stereocenters. The van der Waals surface area contributed by atoms with Crippen LogP contribution < -0.4 is 5.32 Å². The topological polar surface area (TPSA) is 583 Å². The van der Waals surface area contributed by atoms with E-state index in [2.05, 4.69) is 5.32 Å². The van der Waals surface area contributed by atoms with Crippen molar-refractivity contribution < 1.29 is 178 Å². The summed E-state index contributed by atoms with van der Waals surface area (Å²) in [6, 6.07) is -1.30. The Kier molecular flexibility index (Phi) is 24.0. The Bertz CT molecular complexity index is 2060. The quantitative estimate of drug-likeness (QED) is 0.0863. The summed E-state index contributed by atoms with van der Waals surface area (Å²) in [4.78, 5) is 12.4. The Hall–Kier alpha value is -1.93. The van der Waals surface area contributed by atoms with E-state index in [0.717, 1.165) is 0 Å². The average molecular weight is 1250 g/mol. The third kappa shape index (κ3) is 14.4. The van der Waals surface area contributed by atoms with E-state index in [4.69, 9.17) is 66.3 Å². The minimum atomic E-state index is -2.26. The molecule has 37 nitrogen and oxygen atoms in total. The fraction of sp³-hybridized carbons (Fsp3) is 0.979. The summed E-state index contributed by atoms with van der Waals surface area (Å²) in [5.41, 5.74) is 0. The van der Waals surface area contributed by atoms with E-state index in [-0.39, 0.29) is 12.3 Å². The zero-order valence-corrected chi connectivity index (χ0v) is 45.5. The molecule has 0 aromatic carbocycles. The van der Waals surface area contributed by atoms with Crippen LogP contribution >= 0.6 is 0 Å². The number of aliphatic hydroxyl groups excluding tert-OH is 20. The van der Waals surface area contributed by atoms with Crippen LogP contribution in [0, 0.1) is 5.92 Å². The first-order valence-corrected chi connectivity index (χ1v) is 27.6. The van der Waals surface area contributed by atoms with Crippen molar-refractivity contribution in [3.05, 3.63) is 0 Å². The van der Waals surface area contributed by atoms with Crippen LogP contribution in [0.15, 0.2) is 0 Å². The van der Waals surface area contributed by atoms with Gasteiger partial charge in [-0.15, -0.1) is 0 Å². The molecular formula is C48H81NO36. The maximum atomic E-state index is 12.4. The van der Waals surface area contributed by atoms with Gasteiger partial charge in [-0.25, -0.2) is 0 Å². The summed E-state index contributed by atoms with van der Waals surface area (Å²) in [6.07, 6.45) is -71.2. The number of carboxylic acids is 1. The molecule has 14 bridgehead atoms. The van der Waals surface area contributed by atoms with E-state index >= 15 is 0 Å². The first-order valence-electron chi connectivity index (χ1n) is 27.6. The van der Waals surface area contributed by atoms with Gasteiger partial charge in [0.05, 0.1) is 39.6 Å². The number of rotatable bonds is 12. The van der Waals surface area contributed by atoms with E-state index in [1.54, 1.807) is 13.8 Å². The van der Waals surface area contributed by atoms with Crippen molar-refractivity contribution >= 4 is 5.97 Å². The highest BCUT2D eigenvalue weighted by molar-refractivity contribution is 5.73. The highest BCUT2D eigenvalue weighted by Crippen LogP contribution is 2.39. The van der Waals surface area contributed by atoms with Gasteiger partial charge < -0.3 is 179 Å². The van der Waals surface area contributed by atoms with Gasteiger partial charge in [-0.1, -0.05) is 13.8 Å². The van der Waals surface area contributed by atoms with Crippen molar-refractivity contribution in [1.29, 1.82) is 0 Å². The van der Waals surface area contributed by atoms with Crippen LogP contribution in [0.2, 0.25) is 0 Å². The number of carbonyl (C=O) groups is 1. The molecule has 21 fully saturated rings. The molecular weight excluding hydrogens is 1170 g/mol. The number of ether oxygens (including phenoxy) is 14. The molecule has 494 valence electrons. The van der Waals surface area contributed by atoms with Gasteiger partial charge in [-0.05, 0) is 12.3 Å². The lowest BCUT2D eigenvalue weighted by molar-refractivity contribution is -0.396. The summed E-state index contributed by atoms with van der Waals surface area (Å²) in [6.45, 7) is -3.55. The molecule has 0 spiro atoms. The fourth-order valence-electron chi connectivity index (χ4n) is 11.4. The molecule has 0 radical (unpaired) electrons. The minimum Gasteiger partial charge on any atom is -0.480 e. The van der Waals surface area contributed by atoms with Crippen molar-refractivity contribution in [2.24, 2.45) is 5.92 Å². The minimum absolute atomic E-state index is 0.0270. The lowest BCUT2D eigenvalue weighted by atomic mass is 9.94. The van der Waals surface area contributed by atoms with Crippen molar-refractivity contribution in [3.8, 4) is 0 Å². The van der Waals surface area contributed by atoms with Crippen LogP contribution in [-0.2, 0) is 71.1 Å². The summed E-state index contributed by atoms with van der Waals surface area (Å²) in [5.74, 6) is -1.54. The highest BCUT2D eigenvalue weighted by Gasteiger charge is 2.59. The van der Waals surface area contributed by atoms with Gasteiger partial charge in [0.25, 0.3) is 0 Å². The van der Waals surface area contributed by atoms with Crippen LogP contribution in [0.4, 0.5) is 0 Å². The zero-order chi connectivity index (χ0) is 62.2. The standard InChI is InChI=1S/C48H81NO36/c1-11(2)3-12(41(70)71)49-4-13-34-20(56)27(63)42(72-13)80-35-14(5-50)74-44(29(65)22(35)58)82-37-16(7-52)76-46(31(67)24(37)60)84-39-18(9-54)78-48(33(69)26(39)62)85-40-19(10-55)77-47(32(68)25(40)61)83-38-17(8-53)75-45(30(66)23(38)59)81-36-15(6-51)73-43(79-34)28(64)21(36)57/h11-40,42-69H,3-10H2,1-2H3,(H,70,71)/t12-,13+,14+,15-,16+,17-,18+,19-,20+,21+,22+,23+,24-,25+,26+,27+,28+,29-,30+,31-,32+,33+,34+,35+,36+,37+,38+,39+,40+,42+,43+,44+,45+,46+,47+,48+/m0/s1. The molecule has 21 aliphatic rings. The Labute approximate surface area is 482 Å². The third-order valence-electron chi connectivity index (χ3n) is 16.2. The van der Waals surface area contributed by atoms with Gasteiger partial charge in [-0.3, -0.25) is 4.79 Å². The van der Waals surface area contributed by atoms with E-state index < -0.39 is 273 Å². The van der Waals surface area contributed by atoms with E-state index in [9.17, 15) is 112 Å². The van der Waals surface area contributed by atoms with Crippen LogP contribution in [-0.4, -0.2) is 380 Å². The number of aliphatic hydroxyl groups is 20. The van der Waals surface area contributed by atoms with Crippen molar-refractivity contribution in [2.75, 3.05) is 46.2 Å². The molecule has 85 heavy (non-hydrogen) atoms. The van der Waals surface area contributed by atoms with Gasteiger partial charge in [0.1, 0.15) is 177 Å². The second kappa shape index (κ2) is 29.6. The molecule has 37 heteroatoms. The lowest BCUT2D eigenvalue weighted by Crippen LogP contribution is -2.68. The molecule has 0 aliphatic carbocycles. The molecule has 0 unspecified atom stereocenters. The SMILES string of the molecule is CC(C)C[C@H](NC[C@H]1O[C@@H]2O[C@H]3[C@H](O)[C@H](O)[C@@H](O[C@H]4[C@@H](O)[C@H](O)[C@@H](O[C@H]5[C@H](O)[C@@H](O)[C@@H](O[C@H]6[C@H](O)[C@@H](O)[C@@H](O[C@H]7[C@H](O)[C@@H](O)[C@@H](O[C@H]8[C@H](O)[C@@H](O)[C@@H](O[C@H]1[C@H](O)[C@H]2O)O[C@H]8CO)O[C@H]7CO)O[C@H]6CO)O[C@@H]5CO)O[C@@H]4CO)O[C@@H]3CO)C(=O)O. The normalized spacial score (nSPS) is 51.7. The molecule has 22 N–H and O–H groups in total. The smallest absolute Gasteiger partial charge is 0.320 e. The van der Waals surface area contributed by atoms with Crippen LogP contribution in [0.1, 0.15) is 20.3 Å². The monoisotopic (exact) mass is 1250 g/mol. The summed E-state index contributed by atoms with van der Waals surface area (Å²) in [5, 5.41) is 236. The zero-order valence-electron chi connectivity index (χ0n) is 45.5. The largest absolute Gasteiger partial charge is 0.480 e. The van der Waals surface area contributed by atoms with Crippen LogP contribution in [0.3, 0.4) is 0 Å². The Morgan fingerprint density at radius 1 is 0.306 bits per heavy atom. The maximum Gasteiger partial charge on any atom is 0.320 e. The summed E-state index contributed by atoms with van der Waals surface area (Å²) < 4.78 is 80.9. The Morgan fingerprint density at radius 2 is 0.482 bits per heavy atom. The molecule has 21 aliphatic heterocycles. The number of hydrogen-bond donors (Lipinski definition) is 22. The number of carboxylic acid groups (broad SMARTS) is 1. The van der Waals surface area contributed by atoms with Gasteiger partial charge >= 0.3 is 5.97 Å². The average Bonchev–Trinajstić information content (AvgIpc) is 2.42. The fourth-order valence-corrected chi connectivity index (χ4v) is 11.4. The Balaban J connectivity index is 1.11. The second-order valence-corrected chi connectivity index (χ2v) is 22.4. The van der Waals surface area contributed by atoms with Gasteiger partial charge in [0, 0.05) is 6.54 Å². The van der Waals surface area contributed by atoms with Gasteiger partial charge in [0.15, 0.2) is 44.0 Å². The van der Waals surface area contributed by atoms with E-state index in [1.807, 2.05) is 0 Å². The van der Waals surface area contributed by atoms with Crippen molar-refractivity contribution in [2.45, 2.75) is 241 Å². The summed E-state index contributed by atoms with van der Waals surface area (Å²) >= 11 is 0. The molecule has 0 saturated carbocycles. The predicted octanol–water partition coefficient (Wildman–Crippen LogP) is -14.1. The first-order chi connectivity index (χ1) is 40.3. The van der Waals surface area contributed by atoms with Crippen molar-refractivity contribution in [1.82, 2.24) is 5.32 Å². The number of hydrogen-bond acceptors (Lipinski definition) is 36. The van der Waals surface area contributed by atoms with Crippen LogP contribution in [0.25, 0.3) is 0 Å². The molecule has 21 heterocycles. The highest BCUT2D eigenvalue weighted by atomic mass is 16.8. The molecule has 0 aromatic heterocycles. The summed E-state index contributed by atoms with van der Waals surface area (Å²) in [7, 11) is 0. The molecule has 21 saturated heterocycles. The maximum absolute atomic E-state index is 12.4. The van der Waals surface area contributed by atoms with Crippen LogP contribution in [0.5, 0.6) is 0 Å². The van der Waals surface area contributed by atoms with E-state index in [0.29, 0.717) is 0 Å². The third-order valence-corrected chi connectivity index (χ3v) is 16.2. The number of nitrogens with one attached hydrogen (secondary N) is 1. The van der Waals surface area contributed by atoms with Gasteiger partial charge in [0.2, 0.25) is 0 Å². The van der Waals surface area contributed by atoms with Crippen molar-refractivity contribution in [3.63, 3.8) is 0 Å². The second-order valence-electron chi connectivity index (χ2n) is 22.4. The predicted molar refractivity (Wildman–Crippen MR) is 260 cm³/mol. The lowest BCUT2D eigenvalue weighted by Gasteiger charge is -2.50. The van der Waals surface area contributed by atoms with E-state index in [1.165, 1.54) is 0 Å². The first kappa shape index (κ1) is 69.0. The van der Waals surface area contributed by atoms with Gasteiger partial charge in [-0.2, -0.15) is 0 Å². The molecule has 0 amide bonds. The molecule has 21 rings (SSSR count). The Morgan fingerprint density at radius 3 is 0.647 bits per heavy atom. The number of aliphatic carboxylic acids is 1.